The SMILES string of the molecule is CO/N=C(\C(=O)N[C@@H]1C(=O)N2C(C(=O)O)=C(C[N+](C)(C)CCc3cc(=O)c(O)c[nH]3)CS[C@H]12)c1nsc(N)n1. The van der Waals surface area contributed by atoms with Crippen LogP contribution in [0.3, 0.4) is 0 Å². The highest BCUT2D eigenvalue weighted by Gasteiger charge is 2.55. The molecule has 0 bridgehead atoms. The number of thioether (sulfide) groups is 1. The second kappa shape index (κ2) is 11.0. The van der Waals surface area contributed by atoms with Crippen molar-refractivity contribution in [1.82, 2.24) is 24.6 Å². The van der Waals surface area contributed by atoms with Gasteiger partial charge in [-0.3, -0.25) is 19.3 Å². The first-order valence-electron chi connectivity index (χ1n) is 11.6. The molecule has 2 aromatic heterocycles. The van der Waals surface area contributed by atoms with E-state index in [1.54, 1.807) is 0 Å². The number of quaternary nitrogens is 1. The van der Waals surface area contributed by atoms with Crippen LogP contribution in [0.1, 0.15) is 11.5 Å². The van der Waals surface area contributed by atoms with Gasteiger partial charge in [0.25, 0.3) is 11.8 Å². The van der Waals surface area contributed by atoms with Gasteiger partial charge < -0.3 is 35.6 Å². The number of nitrogens with zero attached hydrogens (tertiary/aromatic N) is 5. The van der Waals surface area contributed by atoms with Crippen LogP contribution in [0, 0.1) is 0 Å². The summed E-state index contributed by atoms with van der Waals surface area (Å²) in [6.07, 6.45) is 1.72. The third kappa shape index (κ3) is 5.89. The lowest BCUT2D eigenvalue weighted by Gasteiger charge is -2.49. The lowest BCUT2D eigenvalue weighted by Crippen LogP contribution is -2.71. The van der Waals surface area contributed by atoms with Gasteiger partial charge in [-0.2, -0.15) is 9.36 Å². The maximum absolute atomic E-state index is 13.1. The first-order chi connectivity index (χ1) is 18.4. The predicted molar refractivity (Wildman–Crippen MR) is 142 cm³/mol. The third-order valence-corrected chi connectivity index (χ3v) is 8.03. The number of pyridine rings is 1. The van der Waals surface area contributed by atoms with Crippen molar-refractivity contribution in [2.24, 2.45) is 5.16 Å². The average Bonchev–Trinajstić information content (AvgIpc) is 3.31. The van der Waals surface area contributed by atoms with E-state index in [2.05, 4.69) is 24.8 Å². The van der Waals surface area contributed by atoms with Gasteiger partial charge in [0.15, 0.2) is 10.9 Å². The minimum atomic E-state index is -1.24. The number of aliphatic carboxylic acids is 1. The number of nitrogens with two attached hydrogens (primary N) is 1. The Morgan fingerprint density at radius 1 is 1.38 bits per heavy atom. The standard InChI is InChI=1S/C22H26N8O7S2/c1-30(2,5-4-11-6-12(31)13(32)7-24-11)8-10-9-38-20-15(19(34)29(20)16(10)21(35)36)25-18(33)14(27-37-3)17-26-22(23)39-28-17/h6-7,15,20H,4-5,8-9H2,1-3H3,(H5-,23,24,25,26,27,28,31,32,33,35,36)/p+1/t15-,20-/m1/s1. The molecule has 15 nitrogen and oxygen atoms in total. The summed E-state index contributed by atoms with van der Waals surface area (Å²) in [5.41, 5.74) is 5.96. The molecular formula is C22H27N8O7S2+. The number of likely N-dealkylation sites (N-methyl/N-ethyl adjacent to an activating group) is 1. The predicted octanol–water partition coefficient (Wildman–Crippen LogP) is -1.08. The number of H-pyrrole nitrogens is 1. The Hall–Kier alpha value is -3.96. The number of fused-ring (bicyclic) bond motifs is 1. The van der Waals surface area contributed by atoms with E-state index in [4.69, 9.17) is 10.6 Å². The summed E-state index contributed by atoms with van der Waals surface area (Å²) in [7, 11) is 5.07. The fourth-order valence-corrected chi connectivity index (χ4v) is 6.06. The number of β-lactam (4-membered cyclic amide) rings is 1. The minimum absolute atomic E-state index is 0.0541. The molecule has 1 fully saturated rings. The molecule has 4 rings (SSSR count). The van der Waals surface area contributed by atoms with Gasteiger partial charge in [-0.05, 0) is 0 Å². The largest absolute Gasteiger partial charge is 0.503 e. The quantitative estimate of drug-likeness (QED) is 0.0988. The van der Waals surface area contributed by atoms with Gasteiger partial charge in [-0.15, -0.1) is 11.8 Å². The summed E-state index contributed by atoms with van der Waals surface area (Å²) in [6.45, 7) is 0.890. The average molecular weight is 580 g/mol. The zero-order valence-electron chi connectivity index (χ0n) is 21.2. The molecular weight excluding hydrogens is 552 g/mol. The van der Waals surface area contributed by atoms with Crippen LogP contribution < -0.4 is 16.5 Å². The molecule has 6 N–H and O–H groups in total. The molecule has 0 aliphatic carbocycles. The van der Waals surface area contributed by atoms with Gasteiger partial charge >= 0.3 is 5.97 Å². The van der Waals surface area contributed by atoms with Crippen molar-refractivity contribution in [3.63, 3.8) is 0 Å². The number of nitrogen functional groups attached to an aromatic ring is 1. The van der Waals surface area contributed by atoms with Crippen LogP contribution in [0.15, 0.2) is 33.5 Å². The molecule has 0 radical (unpaired) electrons. The number of carbonyl (C=O) groups excluding carboxylic acids is 2. The topological polar surface area (TPSA) is 213 Å². The Kier molecular flexibility index (Phi) is 7.94. The van der Waals surface area contributed by atoms with Crippen molar-refractivity contribution < 1.29 is 33.9 Å². The second-order valence-electron chi connectivity index (χ2n) is 9.47. The van der Waals surface area contributed by atoms with Gasteiger partial charge in [-0.1, -0.05) is 5.16 Å². The molecule has 2 aliphatic rings. The molecule has 4 heterocycles. The number of aromatic hydroxyl groups is 1. The van der Waals surface area contributed by atoms with E-state index in [-0.39, 0.29) is 28.1 Å². The van der Waals surface area contributed by atoms with Crippen molar-refractivity contribution >= 4 is 51.9 Å². The van der Waals surface area contributed by atoms with Crippen LogP contribution in [0.4, 0.5) is 5.13 Å². The molecule has 2 aliphatic heterocycles. The molecule has 0 spiro atoms. The fraction of sp³-hybridized carbons (Fsp3) is 0.409. The molecule has 17 heteroatoms. The molecule has 39 heavy (non-hydrogen) atoms. The number of aromatic amines is 1. The number of hydrogen-bond acceptors (Lipinski definition) is 12. The zero-order valence-corrected chi connectivity index (χ0v) is 22.8. The number of hydrogen-bond donors (Lipinski definition) is 5. The number of carbonyl (C=O) groups is 3. The number of carboxylic acids is 1. The number of anilines is 1. The van der Waals surface area contributed by atoms with Gasteiger partial charge in [0.1, 0.15) is 30.8 Å². The highest BCUT2D eigenvalue weighted by Crippen LogP contribution is 2.40. The Bertz CT molecular complexity index is 1430. The molecule has 0 saturated carbocycles. The van der Waals surface area contributed by atoms with Crippen molar-refractivity contribution in [2.75, 3.05) is 45.8 Å². The number of nitrogens with one attached hydrogen (secondary N) is 2. The normalized spacial score (nSPS) is 19.4. The van der Waals surface area contributed by atoms with Crippen LogP contribution in [0.5, 0.6) is 5.75 Å². The van der Waals surface area contributed by atoms with Gasteiger partial charge in [-0.25, -0.2) is 4.79 Å². The summed E-state index contributed by atoms with van der Waals surface area (Å²) >= 11 is 2.21. The van der Waals surface area contributed by atoms with Crippen molar-refractivity contribution in [3.05, 3.63) is 45.3 Å². The van der Waals surface area contributed by atoms with Crippen LogP contribution >= 0.6 is 23.3 Å². The van der Waals surface area contributed by atoms with E-state index >= 15 is 0 Å². The van der Waals surface area contributed by atoms with Crippen molar-refractivity contribution in [3.8, 4) is 5.75 Å². The first-order valence-corrected chi connectivity index (χ1v) is 13.4. The third-order valence-electron chi connectivity index (χ3n) is 6.15. The lowest BCUT2D eigenvalue weighted by molar-refractivity contribution is -0.885. The highest BCUT2D eigenvalue weighted by molar-refractivity contribution is 8.00. The lowest BCUT2D eigenvalue weighted by atomic mass is 10.0. The maximum Gasteiger partial charge on any atom is 0.352 e. The first kappa shape index (κ1) is 28.1. The second-order valence-corrected chi connectivity index (χ2v) is 11.4. The number of rotatable bonds is 10. The summed E-state index contributed by atoms with van der Waals surface area (Å²) in [4.78, 5) is 62.6. The minimum Gasteiger partial charge on any atom is -0.503 e. The van der Waals surface area contributed by atoms with Crippen LogP contribution in [-0.2, 0) is 25.6 Å². The van der Waals surface area contributed by atoms with Crippen molar-refractivity contribution in [2.45, 2.75) is 17.8 Å². The molecule has 208 valence electrons. The van der Waals surface area contributed by atoms with E-state index < -0.39 is 34.6 Å². The summed E-state index contributed by atoms with van der Waals surface area (Å²) in [5, 5.41) is 25.2. The van der Waals surface area contributed by atoms with Gasteiger partial charge in [0, 0.05) is 47.2 Å². The van der Waals surface area contributed by atoms with E-state index in [1.165, 1.54) is 36.0 Å². The summed E-state index contributed by atoms with van der Waals surface area (Å²) < 4.78 is 4.33. The Labute approximate surface area is 230 Å². The smallest absolute Gasteiger partial charge is 0.352 e. The van der Waals surface area contributed by atoms with Crippen LogP contribution in [0.25, 0.3) is 0 Å². The van der Waals surface area contributed by atoms with E-state index in [0.717, 1.165) is 11.5 Å². The maximum atomic E-state index is 13.1. The fourth-order valence-electron chi connectivity index (χ4n) is 4.29. The number of aromatic nitrogens is 3. The van der Waals surface area contributed by atoms with E-state index in [0.29, 0.717) is 41.0 Å². The number of oxime groups is 1. The molecule has 0 aromatic carbocycles. The van der Waals surface area contributed by atoms with E-state index in [1.807, 2.05) is 14.1 Å². The van der Waals surface area contributed by atoms with Crippen LogP contribution in [0.2, 0.25) is 0 Å². The summed E-state index contributed by atoms with van der Waals surface area (Å²) in [5.74, 6) is -2.64. The van der Waals surface area contributed by atoms with E-state index in [9.17, 15) is 29.4 Å². The Morgan fingerprint density at radius 3 is 2.74 bits per heavy atom. The van der Waals surface area contributed by atoms with Crippen molar-refractivity contribution in [1.29, 1.82) is 0 Å². The molecule has 1 saturated heterocycles. The highest BCUT2D eigenvalue weighted by atomic mass is 32.2. The van der Waals surface area contributed by atoms with Gasteiger partial charge in [0.05, 0.1) is 20.6 Å². The molecule has 2 aromatic rings. The molecule has 2 atom stereocenters. The Balaban J connectivity index is 1.47. The monoisotopic (exact) mass is 579 g/mol. The molecule has 2 amide bonds. The number of carboxylic acid groups (broad SMARTS) is 1. The Morgan fingerprint density at radius 2 is 2.13 bits per heavy atom. The summed E-state index contributed by atoms with van der Waals surface area (Å²) in [6, 6.07) is 0.346. The number of amides is 2. The van der Waals surface area contributed by atoms with Gasteiger partial charge in [0.2, 0.25) is 17.0 Å². The van der Waals surface area contributed by atoms with Crippen LogP contribution in [-0.4, -0.2) is 109 Å². The molecule has 0 unspecified atom stereocenters. The zero-order chi connectivity index (χ0) is 28.5.